The lowest BCUT2D eigenvalue weighted by atomic mass is 9.87. The van der Waals surface area contributed by atoms with Crippen molar-refractivity contribution in [2.24, 2.45) is 5.92 Å². The van der Waals surface area contributed by atoms with Crippen molar-refractivity contribution in [3.63, 3.8) is 0 Å². The molecule has 114 valence electrons. The molecule has 1 aliphatic heterocycles. The highest BCUT2D eigenvalue weighted by atomic mass is 16.3. The van der Waals surface area contributed by atoms with Crippen LogP contribution in [0.3, 0.4) is 0 Å². The third kappa shape index (κ3) is 3.63. The van der Waals surface area contributed by atoms with Gasteiger partial charge in [-0.05, 0) is 42.7 Å². The first-order valence-electron chi connectivity index (χ1n) is 7.98. The molecule has 1 aliphatic carbocycles. The fourth-order valence-corrected chi connectivity index (χ4v) is 3.46. The van der Waals surface area contributed by atoms with E-state index in [1.165, 1.54) is 11.1 Å². The minimum atomic E-state index is -0.180. The Bertz CT molecular complexity index is 503. The minimum absolute atomic E-state index is 0.0876. The summed E-state index contributed by atoms with van der Waals surface area (Å²) in [4.78, 5) is 12.3. The van der Waals surface area contributed by atoms with E-state index in [1.807, 2.05) is 12.1 Å². The molecule has 0 bridgehead atoms. The number of fused-ring (bicyclic) bond motifs is 1. The second-order valence-electron chi connectivity index (χ2n) is 6.34. The molecule has 3 atom stereocenters. The van der Waals surface area contributed by atoms with Crippen LogP contribution in [0.15, 0.2) is 24.3 Å². The molecule has 3 N–H and O–H groups in total. The number of benzene rings is 1. The smallest absolute Gasteiger partial charge is 0.237 e. The lowest BCUT2D eigenvalue weighted by Gasteiger charge is -2.28. The standard InChI is InChI=1S/C17H24N2O2/c20-15-7-3-4-12(8-15)10-19-17(21)16-9-13-5-1-2-6-14(13)11-18-16/h1-2,5-6,12,15-16,18,20H,3-4,7-11H2,(H,19,21)/t12?,15?,16-/m1/s1. The number of rotatable bonds is 3. The molecule has 1 aromatic rings. The highest BCUT2D eigenvalue weighted by molar-refractivity contribution is 5.82. The Morgan fingerprint density at radius 1 is 1.29 bits per heavy atom. The maximum atomic E-state index is 12.3. The van der Waals surface area contributed by atoms with Gasteiger partial charge in [-0.1, -0.05) is 30.7 Å². The molecule has 2 unspecified atom stereocenters. The number of aliphatic hydroxyl groups is 1. The molecule has 4 heteroatoms. The van der Waals surface area contributed by atoms with E-state index in [0.29, 0.717) is 12.5 Å². The van der Waals surface area contributed by atoms with Crippen molar-refractivity contribution < 1.29 is 9.90 Å². The monoisotopic (exact) mass is 288 g/mol. The Morgan fingerprint density at radius 3 is 2.90 bits per heavy atom. The largest absolute Gasteiger partial charge is 0.393 e. The fraction of sp³-hybridized carbons (Fsp3) is 0.588. The van der Waals surface area contributed by atoms with E-state index in [0.717, 1.165) is 38.6 Å². The van der Waals surface area contributed by atoms with Gasteiger partial charge in [-0.3, -0.25) is 4.79 Å². The molecule has 2 aliphatic rings. The highest BCUT2D eigenvalue weighted by Gasteiger charge is 2.25. The van der Waals surface area contributed by atoms with E-state index in [4.69, 9.17) is 0 Å². The summed E-state index contributed by atoms with van der Waals surface area (Å²) >= 11 is 0. The minimum Gasteiger partial charge on any atom is -0.393 e. The number of carbonyl (C=O) groups excluding carboxylic acids is 1. The molecule has 4 nitrogen and oxygen atoms in total. The van der Waals surface area contributed by atoms with Crippen LogP contribution in [0.4, 0.5) is 0 Å². The van der Waals surface area contributed by atoms with Crippen molar-refractivity contribution in [3.05, 3.63) is 35.4 Å². The van der Waals surface area contributed by atoms with Gasteiger partial charge in [0.05, 0.1) is 12.1 Å². The number of carbonyl (C=O) groups is 1. The van der Waals surface area contributed by atoms with Crippen LogP contribution in [0.25, 0.3) is 0 Å². The second-order valence-corrected chi connectivity index (χ2v) is 6.34. The van der Waals surface area contributed by atoms with Crippen LogP contribution in [-0.2, 0) is 17.8 Å². The fourth-order valence-electron chi connectivity index (χ4n) is 3.46. The van der Waals surface area contributed by atoms with E-state index >= 15 is 0 Å². The molecule has 0 spiro atoms. The molecule has 1 aromatic carbocycles. The van der Waals surface area contributed by atoms with Crippen LogP contribution in [0.5, 0.6) is 0 Å². The molecule has 0 radical (unpaired) electrons. The van der Waals surface area contributed by atoms with Gasteiger partial charge in [-0.2, -0.15) is 0 Å². The summed E-state index contributed by atoms with van der Waals surface area (Å²) in [5.41, 5.74) is 2.56. The first-order chi connectivity index (χ1) is 10.2. The van der Waals surface area contributed by atoms with E-state index in [2.05, 4.69) is 22.8 Å². The Hall–Kier alpha value is -1.39. The maximum Gasteiger partial charge on any atom is 0.237 e. The molecule has 1 fully saturated rings. The van der Waals surface area contributed by atoms with Crippen LogP contribution in [0.2, 0.25) is 0 Å². The van der Waals surface area contributed by atoms with Crippen LogP contribution in [0.1, 0.15) is 36.8 Å². The zero-order valence-corrected chi connectivity index (χ0v) is 12.3. The third-order valence-corrected chi connectivity index (χ3v) is 4.72. The van der Waals surface area contributed by atoms with Crippen LogP contribution in [0, 0.1) is 5.92 Å². The summed E-state index contributed by atoms with van der Waals surface area (Å²) < 4.78 is 0. The van der Waals surface area contributed by atoms with Crippen molar-refractivity contribution >= 4 is 5.91 Å². The summed E-state index contributed by atoms with van der Waals surface area (Å²) in [6.07, 6.45) is 4.48. The summed E-state index contributed by atoms with van der Waals surface area (Å²) in [7, 11) is 0. The second kappa shape index (κ2) is 6.58. The number of amides is 1. The Balaban J connectivity index is 1.50. The molecular weight excluding hydrogens is 264 g/mol. The van der Waals surface area contributed by atoms with E-state index in [9.17, 15) is 9.90 Å². The number of aliphatic hydroxyl groups excluding tert-OH is 1. The lowest BCUT2D eigenvalue weighted by molar-refractivity contribution is -0.123. The van der Waals surface area contributed by atoms with Gasteiger partial charge in [0.25, 0.3) is 0 Å². The third-order valence-electron chi connectivity index (χ3n) is 4.72. The molecule has 3 rings (SSSR count). The van der Waals surface area contributed by atoms with Gasteiger partial charge in [0.2, 0.25) is 5.91 Å². The van der Waals surface area contributed by atoms with Gasteiger partial charge >= 0.3 is 0 Å². The van der Waals surface area contributed by atoms with E-state index in [-0.39, 0.29) is 18.1 Å². The SMILES string of the molecule is O=C(NCC1CCCC(O)C1)[C@H]1Cc2ccccc2CN1. The van der Waals surface area contributed by atoms with Crippen LogP contribution in [-0.4, -0.2) is 29.7 Å². The highest BCUT2D eigenvalue weighted by Crippen LogP contribution is 2.23. The summed E-state index contributed by atoms with van der Waals surface area (Å²) in [5.74, 6) is 0.512. The van der Waals surface area contributed by atoms with Gasteiger partial charge in [0, 0.05) is 13.1 Å². The molecule has 0 aromatic heterocycles. The summed E-state index contributed by atoms with van der Waals surface area (Å²) in [5, 5.41) is 16.0. The maximum absolute atomic E-state index is 12.3. The summed E-state index contributed by atoms with van der Waals surface area (Å²) in [6.45, 7) is 1.45. The zero-order valence-electron chi connectivity index (χ0n) is 12.3. The van der Waals surface area contributed by atoms with Crippen molar-refractivity contribution in [1.82, 2.24) is 10.6 Å². The van der Waals surface area contributed by atoms with Crippen molar-refractivity contribution in [3.8, 4) is 0 Å². The Kier molecular flexibility index (Phi) is 4.56. The quantitative estimate of drug-likeness (QED) is 0.787. The van der Waals surface area contributed by atoms with Gasteiger partial charge in [-0.15, -0.1) is 0 Å². The zero-order chi connectivity index (χ0) is 14.7. The Labute approximate surface area is 125 Å². The lowest BCUT2D eigenvalue weighted by Crippen LogP contribution is -2.48. The van der Waals surface area contributed by atoms with Crippen molar-refractivity contribution in [1.29, 1.82) is 0 Å². The molecule has 0 saturated heterocycles. The first kappa shape index (κ1) is 14.5. The van der Waals surface area contributed by atoms with Crippen molar-refractivity contribution in [2.75, 3.05) is 6.54 Å². The van der Waals surface area contributed by atoms with E-state index in [1.54, 1.807) is 0 Å². The molecule has 21 heavy (non-hydrogen) atoms. The van der Waals surface area contributed by atoms with Crippen LogP contribution >= 0.6 is 0 Å². The Morgan fingerprint density at radius 2 is 2.10 bits per heavy atom. The van der Waals surface area contributed by atoms with Crippen molar-refractivity contribution in [2.45, 2.75) is 50.8 Å². The predicted octanol–water partition coefficient (Wildman–Crippen LogP) is 1.37. The number of nitrogens with one attached hydrogen (secondary N) is 2. The average Bonchev–Trinajstić information content (AvgIpc) is 2.52. The summed E-state index contributed by atoms with van der Waals surface area (Å²) in [6, 6.07) is 8.15. The van der Waals surface area contributed by atoms with Gasteiger partial charge < -0.3 is 15.7 Å². The first-order valence-corrected chi connectivity index (χ1v) is 7.98. The topological polar surface area (TPSA) is 61.4 Å². The van der Waals surface area contributed by atoms with Gasteiger partial charge in [0.15, 0.2) is 0 Å². The van der Waals surface area contributed by atoms with Gasteiger partial charge in [0.1, 0.15) is 0 Å². The number of hydrogen-bond donors (Lipinski definition) is 3. The number of hydrogen-bond acceptors (Lipinski definition) is 3. The van der Waals surface area contributed by atoms with Gasteiger partial charge in [-0.25, -0.2) is 0 Å². The normalized spacial score (nSPS) is 28.7. The molecular formula is C17H24N2O2. The average molecular weight is 288 g/mol. The van der Waals surface area contributed by atoms with E-state index < -0.39 is 0 Å². The predicted molar refractivity (Wildman–Crippen MR) is 81.7 cm³/mol. The molecule has 1 saturated carbocycles. The molecule has 1 heterocycles. The van der Waals surface area contributed by atoms with Crippen LogP contribution < -0.4 is 10.6 Å². The molecule has 1 amide bonds.